The third kappa shape index (κ3) is 1.83. The predicted molar refractivity (Wildman–Crippen MR) is 63.6 cm³/mol. The number of fused-ring (bicyclic) bond motifs is 1. The zero-order valence-corrected chi connectivity index (χ0v) is 9.85. The molecule has 1 aromatic carbocycles. The number of rotatable bonds is 1. The number of phenols is 1. The third-order valence-corrected chi connectivity index (χ3v) is 2.83. The van der Waals surface area contributed by atoms with Crippen molar-refractivity contribution in [3.63, 3.8) is 0 Å². The van der Waals surface area contributed by atoms with Gasteiger partial charge in [-0.15, -0.1) is 0 Å². The van der Waals surface area contributed by atoms with Crippen molar-refractivity contribution >= 4 is 5.88 Å². The molecule has 0 radical (unpaired) electrons. The number of hydrogen-bond donors (Lipinski definition) is 2. The average Bonchev–Trinajstić information content (AvgIpc) is 2.67. The highest BCUT2D eigenvalue weighted by Crippen LogP contribution is 2.48. The molecule has 1 aromatic heterocycles. The fraction of sp³-hybridized carbons (Fsp3) is 0.250. The second-order valence-corrected chi connectivity index (χ2v) is 4.06. The van der Waals surface area contributed by atoms with E-state index in [1.807, 2.05) is 0 Å². The van der Waals surface area contributed by atoms with Crippen molar-refractivity contribution in [1.29, 1.82) is 0 Å². The van der Waals surface area contributed by atoms with E-state index >= 15 is 0 Å². The molecule has 0 amide bonds. The Balaban J connectivity index is 2.27. The molecule has 2 heterocycles. The van der Waals surface area contributed by atoms with Gasteiger partial charge < -0.3 is 24.8 Å². The minimum absolute atomic E-state index is 0.0315. The van der Waals surface area contributed by atoms with Crippen molar-refractivity contribution in [3.05, 3.63) is 18.1 Å². The number of nitrogens with two attached hydrogens (primary N) is 1. The van der Waals surface area contributed by atoms with Gasteiger partial charge in [0.15, 0.2) is 23.1 Å². The van der Waals surface area contributed by atoms with Crippen molar-refractivity contribution < 1.29 is 23.5 Å². The number of halogens is 1. The number of nitrogen functional groups attached to an aromatic ring is 1. The Hall–Kier alpha value is -2.44. The molecule has 7 heteroatoms. The molecule has 0 spiro atoms. The predicted octanol–water partition coefficient (Wildman–Crippen LogP) is 1.93. The first-order valence-electron chi connectivity index (χ1n) is 5.70. The molecule has 0 fully saturated rings. The van der Waals surface area contributed by atoms with Gasteiger partial charge >= 0.3 is 0 Å². The first-order chi connectivity index (χ1) is 9.18. The first-order valence-corrected chi connectivity index (χ1v) is 5.70. The van der Waals surface area contributed by atoms with E-state index in [9.17, 15) is 9.50 Å². The Morgan fingerprint density at radius 1 is 1.32 bits per heavy atom. The fourth-order valence-electron chi connectivity index (χ4n) is 1.95. The van der Waals surface area contributed by atoms with E-state index in [2.05, 4.69) is 5.16 Å². The molecule has 0 bridgehead atoms. The molecule has 100 valence electrons. The standard InChI is InChI=1S/C12H11FN2O4/c13-7-4-8-11(18-3-1-2-17-8)9(10(7)16)6-5-15-19-12(6)14/h4-5,16H,1-3,14H2. The number of phenolic OH excluding ortho intramolecular Hbond substituents is 1. The summed E-state index contributed by atoms with van der Waals surface area (Å²) in [6, 6.07) is 1.09. The summed E-state index contributed by atoms with van der Waals surface area (Å²) in [5, 5.41) is 13.4. The van der Waals surface area contributed by atoms with Crippen molar-refractivity contribution in [1.82, 2.24) is 5.16 Å². The van der Waals surface area contributed by atoms with Gasteiger partial charge in [-0.1, -0.05) is 5.16 Å². The summed E-state index contributed by atoms with van der Waals surface area (Å²) >= 11 is 0. The van der Waals surface area contributed by atoms with Crippen LogP contribution in [0, 0.1) is 5.82 Å². The average molecular weight is 266 g/mol. The monoisotopic (exact) mass is 266 g/mol. The number of hydrogen-bond acceptors (Lipinski definition) is 6. The molecular weight excluding hydrogens is 255 g/mol. The van der Waals surface area contributed by atoms with Crippen LogP contribution in [0.3, 0.4) is 0 Å². The summed E-state index contributed by atoms with van der Waals surface area (Å²) in [5.74, 6) is -0.954. The van der Waals surface area contributed by atoms with E-state index in [1.165, 1.54) is 6.20 Å². The summed E-state index contributed by atoms with van der Waals surface area (Å²) < 4.78 is 29.4. The van der Waals surface area contributed by atoms with Gasteiger partial charge in [-0.2, -0.15) is 0 Å². The van der Waals surface area contributed by atoms with Crippen molar-refractivity contribution in [3.8, 4) is 28.4 Å². The summed E-state index contributed by atoms with van der Waals surface area (Å²) in [6.07, 6.45) is 1.95. The van der Waals surface area contributed by atoms with Crippen molar-refractivity contribution in [2.75, 3.05) is 18.9 Å². The van der Waals surface area contributed by atoms with Crippen molar-refractivity contribution in [2.45, 2.75) is 6.42 Å². The van der Waals surface area contributed by atoms with Crippen LogP contribution in [0.5, 0.6) is 17.2 Å². The summed E-state index contributed by atoms with van der Waals surface area (Å²) in [7, 11) is 0. The molecule has 1 aliphatic rings. The fourth-order valence-corrected chi connectivity index (χ4v) is 1.95. The highest BCUT2D eigenvalue weighted by molar-refractivity contribution is 5.84. The van der Waals surface area contributed by atoms with Gasteiger partial charge in [-0.3, -0.25) is 0 Å². The van der Waals surface area contributed by atoms with Crippen LogP contribution in [0.2, 0.25) is 0 Å². The van der Waals surface area contributed by atoms with Gasteiger partial charge in [0.1, 0.15) is 0 Å². The largest absolute Gasteiger partial charge is 0.504 e. The number of anilines is 1. The van der Waals surface area contributed by atoms with E-state index in [4.69, 9.17) is 19.7 Å². The molecule has 0 aliphatic carbocycles. The molecule has 1 aliphatic heterocycles. The van der Waals surface area contributed by atoms with Crippen LogP contribution in [-0.4, -0.2) is 23.5 Å². The molecule has 19 heavy (non-hydrogen) atoms. The highest BCUT2D eigenvalue weighted by atomic mass is 19.1. The zero-order chi connectivity index (χ0) is 13.4. The number of nitrogens with zero attached hydrogens (tertiary/aromatic N) is 1. The lowest BCUT2D eigenvalue weighted by Crippen LogP contribution is -1.98. The Morgan fingerprint density at radius 2 is 2.11 bits per heavy atom. The summed E-state index contributed by atoms with van der Waals surface area (Å²) in [4.78, 5) is 0. The van der Waals surface area contributed by atoms with Crippen LogP contribution in [0.25, 0.3) is 11.1 Å². The van der Waals surface area contributed by atoms with Gasteiger partial charge in [0.25, 0.3) is 0 Å². The van der Waals surface area contributed by atoms with Gasteiger partial charge in [0, 0.05) is 12.5 Å². The SMILES string of the molecule is Nc1oncc1-c1c(O)c(F)cc2c1OCCCO2. The van der Waals surface area contributed by atoms with Crippen LogP contribution >= 0.6 is 0 Å². The molecule has 6 nitrogen and oxygen atoms in total. The number of ether oxygens (including phenoxy) is 2. The lowest BCUT2D eigenvalue weighted by atomic mass is 10.1. The molecule has 0 atom stereocenters. The maximum Gasteiger partial charge on any atom is 0.230 e. The van der Waals surface area contributed by atoms with E-state index in [0.717, 1.165) is 6.07 Å². The number of aromatic nitrogens is 1. The molecule has 3 N–H and O–H groups in total. The van der Waals surface area contributed by atoms with E-state index in [0.29, 0.717) is 19.6 Å². The van der Waals surface area contributed by atoms with Gasteiger partial charge in [-0.25, -0.2) is 4.39 Å². The normalized spacial score (nSPS) is 14.2. The van der Waals surface area contributed by atoms with E-state index in [1.54, 1.807) is 0 Å². The van der Waals surface area contributed by atoms with E-state index < -0.39 is 11.6 Å². The highest BCUT2D eigenvalue weighted by Gasteiger charge is 2.26. The van der Waals surface area contributed by atoms with E-state index in [-0.39, 0.29) is 28.5 Å². The van der Waals surface area contributed by atoms with Crippen LogP contribution < -0.4 is 15.2 Å². The Morgan fingerprint density at radius 3 is 2.84 bits per heavy atom. The lowest BCUT2D eigenvalue weighted by molar-refractivity contribution is 0.297. The quantitative estimate of drug-likeness (QED) is 0.819. The van der Waals surface area contributed by atoms with Crippen molar-refractivity contribution in [2.24, 2.45) is 0 Å². The summed E-state index contributed by atoms with van der Waals surface area (Å²) in [5.41, 5.74) is 5.96. The van der Waals surface area contributed by atoms with Crippen LogP contribution in [-0.2, 0) is 0 Å². The lowest BCUT2D eigenvalue weighted by Gasteiger charge is -2.13. The molecular formula is C12H11FN2O4. The number of benzene rings is 1. The zero-order valence-electron chi connectivity index (χ0n) is 9.85. The molecule has 3 rings (SSSR count). The first kappa shape index (κ1) is 11.6. The summed E-state index contributed by atoms with van der Waals surface area (Å²) in [6.45, 7) is 0.812. The number of aromatic hydroxyl groups is 1. The van der Waals surface area contributed by atoms with Crippen LogP contribution in [0.15, 0.2) is 16.8 Å². The smallest absolute Gasteiger partial charge is 0.230 e. The Bertz CT molecular complexity index is 626. The Kier molecular flexibility index (Phi) is 2.66. The third-order valence-electron chi connectivity index (χ3n) is 2.83. The van der Waals surface area contributed by atoms with Gasteiger partial charge in [0.2, 0.25) is 5.88 Å². The molecule has 2 aromatic rings. The van der Waals surface area contributed by atoms with Crippen LogP contribution in [0.4, 0.5) is 10.3 Å². The second-order valence-electron chi connectivity index (χ2n) is 4.06. The topological polar surface area (TPSA) is 90.7 Å². The van der Waals surface area contributed by atoms with Crippen LogP contribution in [0.1, 0.15) is 6.42 Å². The minimum Gasteiger partial charge on any atom is -0.504 e. The second kappa shape index (κ2) is 4.34. The van der Waals surface area contributed by atoms with Gasteiger partial charge in [0.05, 0.1) is 30.5 Å². The maximum atomic E-state index is 13.7. The molecule has 0 saturated carbocycles. The maximum absolute atomic E-state index is 13.7. The Labute approximate surface area is 107 Å². The minimum atomic E-state index is -0.820. The molecule has 0 saturated heterocycles. The van der Waals surface area contributed by atoms with Gasteiger partial charge in [-0.05, 0) is 0 Å². The molecule has 0 unspecified atom stereocenters.